The summed E-state index contributed by atoms with van der Waals surface area (Å²) in [6, 6.07) is 27.7. The molecule has 0 spiro atoms. The first-order valence-electron chi connectivity index (χ1n) is 12.0. The van der Waals surface area contributed by atoms with Crippen molar-refractivity contribution < 1.29 is 29.3 Å². The van der Waals surface area contributed by atoms with Crippen LogP contribution >= 0.6 is 0 Å². The summed E-state index contributed by atoms with van der Waals surface area (Å²) in [5.74, 6) is -2.79. The van der Waals surface area contributed by atoms with E-state index in [9.17, 15) is 19.1 Å². The second kappa shape index (κ2) is 14.0. The molecule has 8 heteroatoms. The molecule has 1 unspecified atom stereocenters. The first-order valence-corrected chi connectivity index (χ1v) is 12.0. The number of carboxylic acids is 2. The molecule has 3 aromatic rings. The predicted molar refractivity (Wildman–Crippen MR) is 139 cm³/mol. The minimum absolute atomic E-state index is 0.238. The Hall–Kier alpha value is -3.85. The summed E-state index contributed by atoms with van der Waals surface area (Å²) < 4.78 is 13.1. The normalized spacial score (nSPS) is 15.2. The molecule has 1 heterocycles. The summed E-state index contributed by atoms with van der Waals surface area (Å²) in [5.41, 5.74) is 3.37. The molecule has 0 aliphatic carbocycles. The summed E-state index contributed by atoms with van der Waals surface area (Å²) in [4.78, 5) is 23.9. The highest BCUT2D eigenvalue weighted by atomic mass is 19.1. The molecule has 7 nitrogen and oxygen atoms in total. The lowest BCUT2D eigenvalue weighted by atomic mass is 9.96. The number of halogens is 1. The van der Waals surface area contributed by atoms with E-state index in [1.54, 1.807) is 12.1 Å². The van der Waals surface area contributed by atoms with Crippen molar-refractivity contribution in [3.05, 3.63) is 120 Å². The predicted octanol–water partition coefficient (Wildman–Crippen LogP) is 3.98. The Balaban J connectivity index is 0.000000414. The van der Waals surface area contributed by atoms with Gasteiger partial charge in [0.15, 0.2) is 0 Å². The van der Waals surface area contributed by atoms with Crippen LogP contribution in [-0.2, 0) is 9.59 Å². The number of nitrogens with zero attached hydrogens (tertiary/aromatic N) is 2. The lowest BCUT2D eigenvalue weighted by Crippen LogP contribution is -2.48. The van der Waals surface area contributed by atoms with Gasteiger partial charge >= 0.3 is 11.9 Å². The molecule has 0 saturated carbocycles. The highest BCUT2D eigenvalue weighted by Crippen LogP contribution is 2.29. The fraction of sp³-hybridized carbons (Fsp3) is 0.241. The molecule has 1 aliphatic heterocycles. The Bertz CT molecular complexity index is 1090. The summed E-state index contributed by atoms with van der Waals surface area (Å²) in [6.07, 6.45) is 0.520. The third-order valence-corrected chi connectivity index (χ3v) is 6.06. The van der Waals surface area contributed by atoms with Gasteiger partial charge in [0.05, 0.1) is 12.1 Å². The van der Waals surface area contributed by atoms with Crippen LogP contribution in [0.3, 0.4) is 0 Å². The first kappa shape index (κ1) is 27.7. The van der Waals surface area contributed by atoms with Crippen LogP contribution in [0.5, 0.6) is 0 Å². The smallest absolute Gasteiger partial charge is 0.328 e. The van der Waals surface area contributed by atoms with E-state index in [0.29, 0.717) is 18.7 Å². The maximum absolute atomic E-state index is 13.1. The second-order valence-corrected chi connectivity index (χ2v) is 8.64. The van der Waals surface area contributed by atoms with Gasteiger partial charge in [0, 0.05) is 44.9 Å². The molecule has 3 N–H and O–H groups in total. The van der Waals surface area contributed by atoms with Gasteiger partial charge in [0.1, 0.15) is 5.82 Å². The minimum Gasteiger partial charge on any atom is -0.478 e. The van der Waals surface area contributed by atoms with Crippen LogP contribution in [0.25, 0.3) is 0 Å². The van der Waals surface area contributed by atoms with Crippen molar-refractivity contribution in [2.45, 2.75) is 12.1 Å². The van der Waals surface area contributed by atoms with Crippen molar-refractivity contribution in [1.82, 2.24) is 9.80 Å². The summed E-state index contributed by atoms with van der Waals surface area (Å²) >= 11 is 0. The molecule has 1 aliphatic rings. The van der Waals surface area contributed by atoms with Gasteiger partial charge in [-0.1, -0.05) is 72.8 Å². The van der Waals surface area contributed by atoms with Crippen LogP contribution in [0.1, 0.15) is 28.8 Å². The topological polar surface area (TPSA) is 101 Å². The van der Waals surface area contributed by atoms with E-state index in [1.807, 2.05) is 0 Å². The van der Waals surface area contributed by atoms with Gasteiger partial charge in [-0.2, -0.15) is 0 Å². The number of aliphatic carboxylic acids is 2. The Morgan fingerprint density at radius 3 is 1.62 bits per heavy atom. The second-order valence-electron chi connectivity index (χ2n) is 8.64. The standard InChI is InChI=1S/C25H27FN2O.C4H4O4/c26-23-13-11-20(12-14-23)24(29)19-27-15-17-28(18-16-27)25(21-7-3-1-4-8-21)22-9-5-2-6-10-22;5-3(6)1-2-4(7)8/h1-14,24-25,29H,15-19H2;1-2H,(H,5,6)(H,7,8)/b;2-1+. The fourth-order valence-electron chi connectivity index (χ4n) is 4.27. The molecule has 194 valence electrons. The fourth-order valence-corrected chi connectivity index (χ4v) is 4.27. The number of β-amino-alcohol motifs (C(OH)–C–C–N with tert-alkyl or cyclic N) is 1. The highest BCUT2D eigenvalue weighted by molar-refractivity contribution is 5.89. The molecular formula is C29H31FN2O5. The number of hydrogen-bond acceptors (Lipinski definition) is 5. The number of aliphatic hydroxyl groups excluding tert-OH is 1. The Morgan fingerprint density at radius 1 is 0.730 bits per heavy atom. The van der Waals surface area contributed by atoms with Crippen molar-refractivity contribution in [2.24, 2.45) is 0 Å². The van der Waals surface area contributed by atoms with Gasteiger partial charge in [0.2, 0.25) is 0 Å². The van der Waals surface area contributed by atoms with Crippen molar-refractivity contribution in [2.75, 3.05) is 32.7 Å². The van der Waals surface area contributed by atoms with E-state index in [2.05, 4.69) is 70.5 Å². The number of carbonyl (C=O) groups is 2. The largest absolute Gasteiger partial charge is 0.478 e. The van der Waals surface area contributed by atoms with Gasteiger partial charge in [-0.15, -0.1) is 0 Å². The third-order valence-electron chi connectivity index (χ3n) is 6.06. The van der Waals surface area contributed by atoms with Crippen LogP contribution in [0.15, 0.2) is 97.1 Å². The average molecular weight is 507 g/mol. The zero-order chi connectivity index (χ0) is 26.6. The van der Waals surface area contributed by atoms with Gasteiger partial charge < -0.3 is 15.3 Å². The maximum Gasteiger partial charge on any atom is 0.328 e. The molecule has 0 radical (unpaired) electrons. The molecule has 1 atom stereocenters. The molecule has 0 aromatic heterocycles. The molecule has 1 saturated heterocycles. The van der Waals surface area contributed by atoms with Gasteiger partial charge in [-0.25, -0.2) is 14.0 Å². The van der Waals surface area contributed by atoms with E-state index in [0.717, 1.165) is 31.7 Å². The molecule has 1 fully saturated rings. The number of piperazine rings is 1. The van der Waals surface area contributed by atoms with E-state index in [1.165, 1.54) is 23.3 Å². The number of hydrogen-bond donors (Lipinski definition) is 3. The number of rotatable bonds is 8. The summed E-state index contributed by atoms with van der Waals surface area (Å²) in [7, 11) is 0. The molecule has 0 bridgehead atoms. The molecular weight excluding hydrogens is 475 g/mol. The number of aliphatic hydroxyl groups is 1. The Labute approximate surface area is 215 Å². The zero-order valence-corrected chi connectivity index (χ0v) is 20.4. The molecule has 3 aromatic carbocycles. The lowest BCUT2D eigenvalue weighted by molar-refractivity contribution is -0.134. The van der Waals surface area contributed by atoms with Crippen molar-refractivity contribution >= 4 is 11.9 Å². The Morgan fingerprint density at radius 2 is 1.19 bits per heavy atom. The van der Waals surface area contributed by atoms with Crippen LogP contribution in [-0.4, -0.2) is 69.8 Å². The quantitative estimate of drug-likeness (QED) is 0.397. The maximum atomic E-state index is 13.1. The molecule has 0 amide bonds. The van der Waals surface area contributed by atoms with E-state index in [-0.39, 0.29) is 11.9 Å². The van der Waals surface area contributed by atoms with Crippen LogP contribution in [0, 0.1) is 5.82 Å². The van der Waals surface area contributed by atoms with Crippen molar-refractivity contribution in [3.8, 4) is 0 Å². The van der Waals surface area contributed by atoms with Crippen molar-refractivity contribution in [3.63, 3.8) is 0 Å². The van der Waals surface area contributed by atoms with E-state index < -0.39 is 18.0 Å². The van der Waals surface area contributed by atoms with Crippen LogP contribution in [0.4, 0.5) is 4.39 Å². The third kappa shape index (κ3) is 8.95. The number of carboxylic acid groups (broad SMARTS) is 2. The summed E-state index contributed by atoms with van der Waals surface area (Å²) in [6.45, 7) is 4.23. The van der Waals surface area contributed by atoms with E-state index in [4.69, 9.17) is 10.2 Å². The average Bonchev–Trinajstić information content (AvgIpc) is 2.91. The van der Waals surface area contributed by atoms with Gasteiger partial charge in [-0.3, -0.25) is 9.80 Å². The van der Waals surface area contributed by atoms with Crippen LogP contribution < -0.4 is 0 Å². The number of benzene rings is 3. The Kier molecular flexibility index (Phi) is 10.5. The minimum atomic E-state index is -1.26. The summed E-state index contributed by atoms with van der Waals surface area (Å²) in [5, 5.41) is 26.1. The monoisotopic (exact) mass is 506 g/mol. The molecule has 37 heavy (non-hydrogen) atoms. The van der Waals surface area contributed by atoms with Crippen LogP contribution in [0.2, 0.25) is 0 Å². The molecule has 4 rings (SSSR count). The lowest BCUT2D eigenvalue weighted by Gasteiger charge is -2.40. The van der Waals surface area contributed by atoms with Gasteiger partial charge in [0.25, 0.3) is 0 Å². The van der Waals surface area contributed by atoms with Gasteiger partial charge in [-0.05, 0) is 28.8 Å². The highest BCUT2D eigenvalue weighted by Gasteiger charge is 2.27. The van der Waals surface area contributed by atoms with Crippen molar-refractivity contribution in [1.29, 1.82) is 0 Å². The zero-order valence-electron chi connectivity index (χ0n) is 20.4. The first-order chi connectivity index (χ1) is 17.8. The van der Waals surface area contributed by atoms with E-state index >= 15 is 0 Å². The SMILES string of the molecule is O=C(O)/C=C/C(=O)O.OC(CN1CCN(C(c2ccccc2)c2ccccc2)CC1)c1ccc(F)cc1.